The summed E-state index contributed by atoms with van der Waals surface area (Å²) in [7, 11) is 4.22. The van der Waals surface area contributed by atoms with Gasteiger partial charge in [0.25, 0.3) is 0 Å². The van der Waals surface area contributed by atoms with Crippen molar-refractivity contribution in [3.05, 3.63) is 22.4 Å². The zero-order chi connectivity index (χ0) is 10.9. The van der Waals surface area contributed by atoms with Crippen LogP contribution < -0.4 is 5.32 Å². The average molecular weight is 226 g/mol. The summed E-state index contributed by atoms with van der Waals surface area (Å²) in [6.45, 7) is 3.45. The minimum Gasteiger partial charge on any atom is -0.320 e. The van der Waals surface area contributed by atoms with E-state index in [1.54, 1.807) is 11.3 Å². The van der Waals surface area contributed by atoms with E-state index in [0.29, 0.717) is 0 Å². The van der Waals surface area contributed by atoms with Gasteiger partial charge in [-0.1, -0.05) is 6.42 Å². The molecule has 86 valence electrons. The van der Waals surface area contributed by atoms with E-state index in [4.69, 9.17) is 0 Å². The van der Waals surface area contributed by atoms with Gasteiger partial charge in [-0.2, -0.15) is 11.3 Å². The zero-order valence-corrected chi connectivity index (χ0v) is 10.6. The number of unbranched alkanes of at least 4 members (excludes halogenated alkanes) is 2. The van der Waals surface area contributed by atoms with Crippen molar-refractivity contribution in [3.8, 4) is 0 Å². The van der Waals surface area contributed by atoms with E-state index in [-0.39, 0.29) is 0 Å². The van der Waals surface area contributed by atoms with Crippen LogP contribution in [0.25, 0.3) is 0 Å². The lowest BCUT2D eigenvalue weighted by Crippen LogP contribution is -2.19. The van der Waals surface area contributed by atoms with Gasteiger partial charge in [-0.05, 0) is 62.4 Å². The van der Waals surface area contributed by atoms with Crippen molar-refractivity contribution < 1.29 is 0 Å². The minimum absolute atomic E-state index is 1.09. The summed E-state index contributed by atoms with van der Waals surface area (Å²) in [5, 5.41) is 7.56. The van der Waals surface area contributed by atoms with Crippen LogP contribution in [0.4, 0.5) is 0 Å². The van der Waals surface area contributed by atoms with E-state index in [1.807, 2.05) is 7.05 Å². The standard InChI is InChI=1S/C12H22N2S/c1-13-7-4-3-5-8-14(2)10-12-6-9-15-11-12/h6,9,11,13H,3-5,7-8,10H2,1-2H3. The van der Waals surface area contributed by atoms with Gasteiger partial charge in [0.1, 0.15) is 0 Å². The van der Waals surface area contributed by atoms with Crippen LogP contribution in [0.15, 0.2) is 16.8 Å². The fourth-order valence-electron chi connectivity index (χ4n) is 1.63. The Morgan fingerprint density at radius 2 is 2.20 bits per heavy atom. The maximum absolute atomic E-state index is 3.18. The first-order chi connectivity index (χ1) is 7.33. The molecule has 0 spiro atoms. The van der Waals surface area contributed by atoms with Gasteiger partial charge in [0.2, 0.25) is 0 Å². The number of thiophene rings is 1. The lowest BCUT2D eigenvalue weighted by molar-refractivity contribution is 0.317. The van der Waals surface area contributed by atoms with Crippen LogP contribution in [0.5, 0.6) is 0 Å². The Bertz CT molecular complexity index is 234. The molecule has 1 N–H and O–H groups in total. The highest BCUT2D eigenvalue weighted by Crippen LogP contribution is 2.08. The van der Waals surface area contributed by atoms with E-state index in [1.165, 1.54) is 31.4 Å². The largest absolute Gasteiger partial charge is 0.320 e. The molecule has 0 amide bonds. The normalized spacial score (nSPS) is 11.1. The molecule has 0 aromatic carbocycles. The molecule has 0 saturated carbocycles. The second-order valence-electron chi connectivity index (χ2n) is 4.03. The minimum atomic E-state index is 1.09. The predicted molar refractivity (Wildman–Crippen MR) is 68.4 cm³/mol. The van der Waals surface area contributed by atoms with Crippen LogP contribution in [0.3, 0.4) is 0 Å². The number of hydrogen-bond acceptors (Lipinski definition) is 3. The highest BCUT2D eigenvalue weighted by molar-refractivity contribution is 7.07. The summed E-state index contributed by atoms with van der Waals surface area (Å²) >= 11 is 1.78. The quantitative estimate of drug-likeness (QED) is 0.685. The first kappa shape index (κ1) is 12.7. The lowest BCUT2D eigenvalue weighted by Gasteiger charge is -2.15. The summed E-state index contributed by atoms with van der Waals surface area (Å²) in [5.74, 6) is 0. The van der Waals surface area contributed by atoms with Gasteiger partial charge in [0.05, 0.1) is 0 Å². The average Bonchev–Trinajstić information content (AvgIpc) is 2.70. The second-order valence-corrected chi connectivity index (χ2v) is 4.81. The molecule has 0 bridgehead atoms. The van der Waals surface area contributed by atoms with Crippen LogP contribution in [0, 0.1) is 0 Å². The third-order valence-electron chi connectivity index (χ3n) is 2.50. The first-order valence-electron chi connectivity index (χ1n) is 5.67. The van der Waals surface area contributed by atoms with Gasteiger partial charge in [-0.3, -0.25) is 0 Å². The Labute approximate surface area is 97.3 Å². The highest BCUT2D eigenvalue weighted by atomic mass is 32.1. The Balaban J connectivity index is 2.01. The van der Waals surface area contributed by atoms with Gasteiger partial charge >= 0.3 is 0 Å². The Kier molecular flexibility index (Phi) is 6.64. The smallest absolute Gasteiger partial charge is 0.0238 e. The van der Waals surface area contributed by atoms with E-state index in [2.05, 4.69) is 34.1 Å². The summed E-state index contributed by atoms with van der Waals surface area (Å²) in [6, 6.07) is 2.21. The topological polar surface area (TPSA) is 15.3 Å². The van der Waals surface area contributed by atoms with Crippen molar-refractivity contribution in [2.45, 2.75) is 25.8 Å². The molecule has 15 heavy (non-hydrogen) atoms. The molecule has 2 nitrogen and oxygen atoms in total. The first-order valence-corrected chi connectivity index (χ1v) is 6.61. The maximum Gasteiger partial charge on any atom is 0.0238 e. The van der Waals surface area contributed by atoms with Crippen LogP contribution in [-0.4, -0.2) is 32.1 Å². The third-order valence-corrected chi connectivity index (χ3v) is 3.23. The van der Waals surface area contributed by atoms with Crippen LogP contribution in [-0.2, 0) is 6.54 Å². The molecular weight excluding hydrogens is 204 g/mol. The molecule has 3 heteroatoms. The Hall–Kier alpha value is -0.380. The molecule has 0 atom stereocenters. The molecule has 1 aromatic rings. The third kappa shape index (κ3) is 5.92. The second kappa shape index (κ2) is 7.85. The van der Waals surface area contributed by atoms with Crippen molar-refractivity contribution in [2.24, 2.45) is 0 Å². The summed E-state index contributed by atoms with van der Waals surface area (Å²) in [6.07, 6.45) is 3.93. The zero-order valence-electron chi connectivity index (χ0n) is 9.83. The molecule has 0 fully saturated rings. The van der Waals surface area contributed by atoms with E-state index in [9.17, 15) is 0 Å². The molecule has 1 heterocycles. The van der Waals surface area contributed by atoms with Gasteiger partial charge in [0, 0.05) is 6.54 Å². The van der Waals surface area contributed by atoms with E-state index < -0.39 is 0 Å². The number of rotatable bonds is 8. The van der Waals surface area contributed by atoms with Crippen molar-refractivity contribution in [2.75, 3.05) is 27.2 Å². The Morgan fingerprint density at radius 3 is 2.87 bits per heavy atom. The monoisotopic (exact) mass is 226 g/mol. The van der Waals surface area contributed by atoms with Crippen molar-refractivity contribution in [1.82, 2.24) is 10.2 Å². The number of hydrogen-bond donors (Lipinski definition) is 1. The summed E-state index contributed by atoms with van der Waals surface area (Å²) in [4.78, 5) is 2.40. The number of nitrogens with zero attached hydrogens (tertiary/aromatic N) is 1. The molecule has 0 unspecified atom stereocenters. The predicted octanol–water partition coefficient (Wildman–Crippen LogP) is 2.57. The van der Waals surface area contributed by atoms with Crippen molar-refractivity contribution in [3.63, 3.8) is 0 Å². The van der Waals surface area contributed by atoms with Crippen molar-refractivity contribution in [1.29, 1.82) is 0 Å². The van der Waals surface area contributed by atoms with Gasteiger partial charge in [-0.15, -0.1) is 0 Å². The van der Waals surface area contributed by atoms with Crippen molar-refractivity contribution >= 4 is 11.3 Å². The van der Waals surface area contributed by atoms with E-state index in [0.717, 1.165) is 13.1 Å². The van der Waals surface area contributed by atoms with Gasteiger partial charge in [-0.25, -0.2) is 0 Å². The van der Waals surface area contributed by atoms with E-state index >= 15 is 0 Å². The summed E-state index contributed by atoms with van der Waals surface area (Å²) < 4.78 is 0. The Morgan fingerprint density at radius 1 is 1.33 bits per heavy atom. The maximum atomic E-state index is 3.18. The lowest BCUT2D eigenvalue weighted by atomic mass is 10.2. The molecule has 0 aliphatic carbocycles. The summed E-state index contributed by atoms with van der Waals surface area (Å²) in [5.41, 5.74) is 1.44. The fourth-order valence-corrected chi connectivity index (χ4v) is 2.29. The van der Waals surface area contributed by atoms with Gasteiger partial charge < -0.3 is 10.2 Å². The fraction of sp³-hybridized carbons (Fsp3) is 0.667. The van der Waals surface area contributed by atoms with Gasteiger partial charge in [0.15, 0.2) is 0 Å². The molecule has 0 aliphatic heterocycles. The number of nitrogens with one attached hydrogen (secondary N) is 1. The highest BCUT2D eigenvalue weighted by Gasteiger charge is 1.99. The van der Waals surface area contributed by atoms with Crippen LogP contribution in [0.1, 0.15) is 24.8 Å². The molecule has 0 radical (unpaired) electrons. The molecule has 0 saturated heterocycles. The molecule has 1 rings (SSSR count). The SMILES string of the molecule is CNCCCCCN(C)Cc1ccsc1. The molecule has 0 aliphatic rings. The van der Waals surface area contributed by atoms with Crippen LogP contribution in [0.2, 0.25) is 0 Å². The molecule has 1 aromatic heterocycles. The molecular formula is C12H22N2S. The van der Waals surface area contributed by atoms with Crippen LogP contribution >= 0.6 is 11.3 Å².